The van der Waals surface area contributed by atoms with Gasteiger partial charge in [0.2, 0.25) is 0 Å². The average Bonchev–Trinajstić information content (AvgIpc) is 2.45. The van der Waals surface area contributed by atoms with Crippen molar-refractivity contribution in [3.63, 3.8) is 0 Å². The average molecular weight is 307 g/mol. The monoisotopic (exact) mass is 307 g/mol. The van der Waals surface area contributed by atoms with E-state index >= 15 is 0 Å². The number of aryl methyl sites for hydroxylation is 1. The summed E-state index contributed by atoms with van der Waals surface area (Å²) in [5.41, 5.74) is 1.62. The van der Waals surface area contributed by atoms with Crippen LogP contribution >= 0.6 is 0 Å². The summed E-state index contributed by atoms with van der Waals surface area (Å²) in [6.45, 7) is 1.96. The molecule has 1 aromatic carbocycles. The van der Waals surface area contributed by atoms with Gasteiger partial charge in [0, 0.05) is 5.69 Å². The molecule has 1 aromatic heterocycles. The molecule has 6 heteroatoms. The van der Waals surface area contributed by atoms with Gasteiger partial charge in [-0.15, -0.1) is 0 Å². The molecule has 5 nitrogen and oxygen atoms in total. The van der Waals surface area contributed by atoms with Gasteiger partial charge in [0.05, 0.1) is 12.5 Å². The molecule has 1 heterocycles. The van der Waals surface area contributed by atoms with Gasteiger partial charge >= 0.3 is 0 Å². The van der Waals surface area contributed by atoms with Crippen LogP contribution in [0.4, 0.5) is 0 Å². The molecule has 0 spiro atoms. The van der Waals surface area contributed by atoms with Crippen LogP contribution in [-0.2, 0) is 14.3 Å². The van der Waals surface area contributed by atoms with Crippen LogP contribution < -0.4 is 4.74 Å². The van der Waals surface area contributed by atoms with Crippen LogP contribution in [0.2, 0.25) is 0 Å². The SMILES string of the molecule is Cc1ccc(OC[C@@H](OS(C)(=O)=O)c2ccccc2)cn1. The lowest BCUT2D eigenvalue weighted by Gasteiger charge is -2.17. The molecule has 0 unspecified atom stereocenters. The minimum atomic E-state index is -3.58. The Balaban J connectivity index is 2.11. The zero-order chi connectivity index (χ0) is 15.3. The minimum Gasteiger partial charge on any atom is -0.489 e. The van der Waals surface area contributed by atoms with Crippen molar-refractivity contribution in [2.24, 2.45) is 0 Å². The molecule has 0 saturated heterocycles. The van der Waals surface area contributed by atoms with Crippen molar-refractivity contribution in [1.82, 2.24) is 4.98 Å². The van der Waals surface area contributed by atoms with E-state index < -0.39 is 16.2 Å². The zero-order valence-corrected chi connectivity index (χ0v) is 12.7. The van der Waals surface area contributed by atoms with E-state index in [2.05, 4.69) is 4.98 Å². The maximum absolute atomic E-state index is 11.4. The van der Waals surface area contributed by atoms with E-state index in [4.69, 9.17) is 8.92 Å². The fourth-order valence-corrected chi connectivity index (χ4v) is 2.36. The topological polar surface area (TPSA) is 65.5 Å². The standard InChI is InChI=1S/C15H17NO4S/c1-12-8-9-14(10-16-12)19-11-15(20-21(2,17)18)13-6-4-3-5-7-13/h3-10,15H,11H2,1-2H3/t15-/m1/s1. The molecule has 0 amide bonds. The Labute approximate surface area is 124 Å². The predicted octanol–water partition coefficient (Wildman–Crippen LogP) is 2.49. The maximum atomic E-state index is 11.4. The smallest absolute Gasteiger partial charge is 0.265 e. The molecule has 0 saturated carbocycles. The molecule has 112 valence electrons. The Morgan fingerprint density at radius 2 is 1.86 bits per heavy atom. The van der Waals surface area contributed by atoms with E-state index in [1.807, 2.05) is 31.2 Å². The first-order valence-corrected chi connectivity index (χ1v) is 8.24. The molecule has 0 fully saturated rings. The van der Waals surface area contributed by atoms with Crippen LogP contribution in [0.3, 0.4) is 0 Å². The normalized spacial score (nSPS) is 12.9. The van der Waals surface area contributed by atoms with Gasteiger partial charge in [-0.25, -0.2) is 0 Å². The van der Waals surface area contributed by atoms with Crippen molar-refractivity contribution in [3.05, 3.63) is 59.9 Å². The molecule has 2 aromatic rings. The largest absolute Gasteiger partial charge is 0.489 e. The lowest BCUT2D eigenvalue weighted by molar-refractivity contribution is 0.136. The molecule has 0 aliphatic carbocycles. The van der Waals surface area contributed by atoms with Gasteiger partial charge in [0.1, 0.15) is 18.5 Å². The van der Waals surface area contributed by atoms with E-state index in [9.17, 15) is 8.42 Å². The van der Waals surface area contributed by atoms with Crippen LogP contribution in [0.5, 0.6) is 5.75 Å². The highest BCUT2D eigenvalue weighted by atomic mass is 32.2. The zero-order valence-electron chi connectivity index (χ0n) is 11.9. The molecule has 0 aliphatic rings. The number of aromatic nitrogens is 1. The van der Waals surface area contributed by atoms with Gasteiger partial charge in [-0.3, -0.25) is 9.17 Å². The summed E-state index contributed by atoms with van der Waals surface area (Å²) in [6.07, 6.45) is 1.93. The van der Waals surface area contributed by atoms with Crippen LogP contribution in [0.1, 0.15) is 17.4 Å². The Hall–Kier alpha value is -1.92. The molecule has 0 bridgehead atoms. The number of hydrogen-bond acceptors (Lipinski definition) is 5. The number of benzene rings is 1. The first kappa shape index (κ1) is 15.5. The maximum Gasteiger partial charge on any atom is 0.265 e. The van der Waals surface area contributed by atoms with E-state index in [1.165, 1.54) is 0 Å². The molecular weight excluding hydrogens is 290 g/mol. The van der Waals surface area contributed by atoms with E-state index in [0.29, 0.717) is 5.75 Å². The number of pyridine rings is 1. The lowest BCUT2D eigenvalue weighted by atomic mass is 10.1. The number of nitrogens with zero attached hydrogens (tertiary/aromatic N) is 1. The number of hydrogen-bond donors (Lipinski definition) is 0. The van der Waals surface area contributed by atoms with Gasteiger partial charge in [-0.1, -0.05) is 30.3 Å². The second kappa shape index (κ2) is 6.69. The molecule has 21 heavy (non-hydrogen) atoms. The molecule has 0 radical (unpaired) electrons. The van der Waals surface area contributed by atoms with Gasteiger partial charge in [0.15, 0.2) is 0 Å². The van der Waals surface area contributed by atoms with Crippen molar-refractivity contribution >= 4 is 10.1 Å². The van der Waals surface area contributed by atoms with Crippen molar-refractivity contribution in [2.45, 2.75) is 13.0 Å². The van der Waals surface area contributed by atoms with Crippen LogP contribution in [0, 0.1) is 6.92 Å². The van der Waals surface area contributed by atoms with Crippen LogP contribution in [-0.4, -0.2) is 26.3 Å². The minimum absolute atomic E-state index is 0.0851. The first-order valence-electron chi connectivity index (χ1n) is 6.43. The van der Waals surface area contributed by atoms with Crippen molar-refractivity contribution in [2.75, 3.05) is 12.9 Å². The Morgan fingerprint density at radius 3 is 2.43 bits per heavy atom. The van der Waals surface area contributed by atoms with Crippen molar-refractivity contribution in [3.8, 4) is 5.75 Å². The van der Waals surface area contributed by atoms with Gasteiger partial charge in [-0.2, -0.15) is 8.42 Å². The molecule has 2 rings (SSSR count). The third-order valence-corrected chi connectivity index (χ3v) is 3.33. The highest BCUT2D eigenvalue weighted by Gasteiger charge is 2.18. The van der Waals surface area contributed by atoms with Gasteiger partial charge in [0.25, 0.3) is 10.1 Å². The summed E-state index contributed by atoms with van der Waals surface area (Å²) in [5, 5.41) is 0. The van der Waals surface area contributed by atoms with E-state index in [-0.39, 0.29) is 6.61 Å². The van der Waals surface area contributed by atoms with Crippen molar-refractivity contribution < 1.29 is 17.3 Å². The Bertz CT molecular complexity index is 669. The second-order valence-corrected chi connectivity index (χ2v) is 6.25. The fraction of sp³-hybridized carbons (Fsp3) is 0.267. The Kier molecular flexibility index (Phi) is 4.93. The fourth-order valence-electron chi connectivity index (χ4n) is 1.77. The Morgan fingerprint density at radius 1 is 1.14 bits per heavy atom. The summed E-state index contributed by atoms with van der Waals surface area (Å²) < 4.78 is 33.4. The summed E-state index contributed by atoms with van der Waals surface area (Å²) in [6, 6.07) is 12.7. The quantitative estimate of drug-likeness (QED) is 0.767. The summed E-state index contributed by atoms with van der Waals surface area (Å²) in [7, 11) is -3.58. The van der Waals surface area contributed by atoms with Crippen LogP contribution in [0.15, 0.2) is 48.7 Å². The second-order valence-electron chi connectivity index (χ2n) is 4.65. The van der Waals surface area contributed by atoms with Gasteiger partial charge in [-0.05, 0) is 24.6 Å². The highest BCUT2D eigenvalue weighted by molar-refractivity contribution is 7.86. The summed E-state index contributed by atoms with van der Waals surface area (Å²) in [5.74, 6) is 0.568. The summed E-state index contributed by atoms with van der Waals surface area (Å²) >= 11 is 0. The molecule has 0 N–H and O–H groups in total. The van der Waals surface area contributed by atoms with Gasteiger partial charge < -0.3 is 4.74 Å². The summed E-state index contributed by atoms with van der Waals surface area (Å²) in [4.78, 5) is 4.12. The molecular formula is C15H17NO4S. The first-order chi connectivity index (χ1) is 9.94. The number of rotatable bonds is 6. The molecule has 0 aliphatic heterocycles. The van der Waals surface area contributed by atoms with Crippen LogP contribution in [0.25, 0.3) is 0 Å². The molecule has 1 atom stereocenters. The lowest BCUT2D eigenvalue weighted by Crippen LogP contribution is -2.17. The van der Waals surface area contributed by atoms with Crippen molar-refractivity contribution in [1.29, 1.82) is 0 Å². The number of ether oxygens (including phenoxy) is 1. The third-order valence-electron chi connectivity index (χ3n) is 2.75. The van der Waals surface area contributed by atoms with E-state index in [0.717, 1.165) is 17.5 Å². The highest BCUT2D eigenvalue weighted by Crippen LogP contribution is 2.21. The third kappa shape index (κ3) is 5.17. The van der Waals surface area contributed by atoms with E-state index in [1.54, 1.807) is 24.4 Å². The predicted molar refractivity (Wildman–Crippen MR) is 79.6 cm³/mol.